The first kappa shape index (κ1) is 16.9. The minimum atomic E-state index is 0.220. The summed E-state index contributed by atoms with van der Waals surface area (Å²) in [5.74, 6) is 0.952. The van der Waals surface area contributed by atoms with Crippen LogP contribution in [0.2, 0.25) is 5.02 Å². The standard InChI is InChI=1S/C17H16ClN5O2/c1-24-16-13(10-22-17(23-16)25-2)14-15(20-7-6-19-14)21-9-11-4-3-5-12(18)8-11/h3-8,10H,9H2,1-2H3,(H,20,21). The molecule has 0 aliphatic heterocycles. The quantitative estimate of drug-likeness (QED) is 0.725. The molecule has 0 fully saturated rings. The van der Waals surface area contributed by atoms with Crippen LogP contribution in [0.5, 0.6) is 11.9 Å². The van der Waals surface area contributed by atoms with Crippen LogP contribution in [0.1, 0.15) is 5.56 Å². The molecule has 0 spiro atoms. The van der Waals surface area contributed by atoms with Crippen molar-refractivity contribution in [3.05, 3.63) is 53.4 Å². The molecule has 0 saturated heterocycles. The average Bonchev–Trinajstić information content (AvgIpc) is 2.66. The molecule has 0 unspecified atom stereocenters. The summed E-state index contributed by atoms with van der Waals surface area (Å²) in [7, 11) is 3.02. The summed E-state index contributed by atoms with van der Waals surface area (Å²) in [5.41, 5.74) is 2.23. The van der Waals surface area contributed by atoms with Gasteiger partial charge in [0.1, 0.15) is 5.69 Å². The highest BCUT2D eigenvalue weighted by Gasteiger charge is 2.16. The Morgan fingerprint density at radius 1 is 1.08 bits per heavy atom. The molecule has 0 bridgehead atoms. The number of hydrogen-bond donors (Lipinski definition) is 1. The normalized spacial score (nSPS) is 10.4. The number of hydrogen-bond acceptors (Lipinski definition) is 7. The van der Waals surface area contributed by atoms with E-state index in [0.717, 1.165) is 5.56 Å². The molecule has 2 aromatic heterocycles. The lowest BCUT2D eigenvalue weighted by Crippen LogP contribution is -2.05. The molecule has 3 rings (SSSR count). The summed E-state index contributed by atoms with van der Waals surface area (Å²) >= 11 is 6.02. The second kappa shape index (κ2) is 7.76. The van der Waals surface area contributed by atoms with Crippen LogP contribution in [0, 0.1) is 0 Å². The maximum absolute atomic E-state index is 6.02. The zero-order valence-corrected chi connectivity index (χ0v) is 14.5. The van der Waals surface area contributed by atoms with Gasteiger partial charge >= 0.3 is 6.01 Å². The molecule has 128 valence electrons. The Hall–Kier alpha value is -2.93. The molecule has 2 heterocycles. The summed E-state index contributed by atoms with van der Waals surface area (Å²) in [5, 5.41) is 3.94. The lowest BCUT2D eigenvalue weighted by molar-refractivity contribution is 0.353. The first-order valence-corrected chi connectivity index (χ1v) is 7.83. The van der Waals surface area contributed by atoms with Gasteiger partial charge < -0.3 is 14.8 Å². The van der Waals surface area contributed by atoms with Crippen molar-refractivity contribution < 1.29 is 9.47 Å². The molecule has 0 amide bonds. The van der Waals surface area contributed by atoms with Crippen molar-refractivity contribution >= 4 is 17.4 Å². The first-order chi connectivity index (χ1) is 12.2. The highest BCUT2D eigenvalue weighted by atomic mass is 35.5. The van der Waals surface area contributed by atoms with Crippen molar-refractivity contribution in [3.8, 4) is 23.1 Å². The van der Waals surface area contributed by atoms with Crippen molar-refractivity contribution in [1.82, 2.24) is 19.9 Å². The number of rotatable bonds is 6. The van der Waals surface area contributed by atoms with Crippen molar-refractivity contribution in [3.63, 3.8) is 0 Å². The van der Waals surface area contributed by atoms with Crippen molar-refractivity contribution in [2.24, 2.45) is 0 Å². The van der Waals surface area contributed by atoms with Crippen LogP contribution in [0.3, 0.4) is 0 Å². The minimum Gasteiger partial charge on any atom is -0.480 e. The average molecular weight is 358 g/mol. The van der Waals surface area contributed by atoms with E-state index in [-0.39, 0.29) is 6.01 Å². The van der Waals surface area contributed by atoms with Crippen molar-refractivity contribution in [2.75, 3.05) is 19.5 Å². The summed E-state index contributed by atoms with van der Waals surface area (Å²) in [6.45, 7) is 0.547. The zero-order valence-electron chi connectivity index (χ0n) is 13.7. The molecule has 0 aliphatic carbocycles. The summed E-state index contributed by atoms with van der Waals surface area (Å²) < 4.78 is 10.4. The van der Waals surface area contributed by atoms with E-state index >= 15 is 0 Å². The largest absolute Gasteiger partial charge is 0.480 e. The predicted octanol–water partition coefficient (Wildman–Crippen LogP) is 3.22. The van der Waals surface area contributed by atoms with Crippen LogP contribution in [-0.4, -0.2) is 34.2 Å². The molecule has 1 aromatic carbocycles. The van der Waals surface area contributed by atoms with Gasteiger partial charge in [0, 0.05) is 30.2 Å². The lowest BCUT2D eigenvalue weighted by Gasteiger charge is -2.12. The van der Waals surface area contributed by atoms with Gasteiger partial charge in [0.05, 0.1) is 19.8 Å². The van der Waals surface area contributed by atoms with Crippen LogP contribution in [0.25, 0.3) is 11.3 Å². The van der Waals surface area contributed by atoms with Crippen LogP contribution in [0.4, 0.5) is 5.82 Å². The second-order valence-electron chi connectivity index (χ2n) is 5.02. The molecule has 0 radical (unpaired) electrons. The molecular formula is C17H16ClN5O2. The van der Waals surface area contributed by atoms with Crippen molar-refractivity contribution in [1.29, 1.82) is 0 Å². The van der Waals surface area contributed by atoms with Gasteiger partial charge in [-0.05, 0) is 17.7 Å². The molecule has 25 heavy (non-hydrogen) atoms. The van der Waals surface area contributed by atoms with E-state index in [4.69, 9.17) is 21.1 Å². The number of methoxy groups -OCH3 is 2. The maximum Gasteiger partial charge on any atom is 0.319 e. The van der Waals surface area contributed by atoms with E-state index in [1.165, 1.54) is 14.2 Å². The fourth-order valence-electron chi connectivity index (χ4n) is 2.26. The third kappa shape index (κ3) is 3.95. The summed E-state index contributed by atoms with van der Waals surface area (Å²) in [6, 6.07) is 7.82. The number of benzene rings is 1. The van der Waals surface area contributed by atoms with Gasteiger partial charge in [-0.1, -0.05) is 23.7 Å². The Bertz CT molecular complexity index is 875. The number of halogens is 1. The van der Waals surface area contributed by atoms with E-state index in [1.807, 2.05) is 24.3 Å². The highest BCUT2D eigenvalue weighted by molar-refractivity contribution is 6.30. The van der Waals surface area contributed by atoms with Crippen molar-refractivity contribution in [2.45, 2.75) is 6.54 Å². The Morgan fingerprint density at radius 2 is 1.92 bits per heavy atom. The third-order valence-electron chi connectivity index (χ3n) is 3.41. The highest BCUT2D eigenvalue weighted by Crippen LogP contribution is 2.31. The SMILES string of the molecule is COc1ncc(-c2nccnc2NCc2cccc(Cl)c2)c(OC)n1. The fraction of sp³-hybridized carbons (Fsp3) is 0.176. The third-order valence-corrected chi connectivity index (χ3v) is 3.65. The van der Waals surface area contributed by atoms with Crippen LogP contribution >= 0.6 is 11.6 Å². The van der Waals surface area contributed by atoms with Gasteiger partial charge in [-0.25, -0.2) is 9.97 Å². The second-order valence-corrected chi connectivity index (χ2v) is 5.45. The van der Waals surface area contributed by atoms with Crippen LogP contribution in [0.15, 0.2) is 42.9 Å². The van der Waals surface area contributed by atoms with Gasteiger partial charge in [-0.15, -0.1) is 0 Å². The smallest absolute Gasteiger partial charge is 0.319 e. The number of anilines is 1. The maximum atomic E-state index is 6.02. The zero-order chi connectivity index (χ0) is 17.6. The lowest BCUT2D eigenvalue weighted by atomic mass is 10.2. The van der Waals surface area contributed by atoms with Crippen LogP contribution in [-0.2, 0) is 6.54 Å². The van der Waals surface area contributed by atoms with Gasteiger partial charge in [0.2, 0.25) is 5.88 Å². The van der Waals surface area contributed by atoms with Gasteiger partial charge in [0.15, 0.2) is 5.82 Å². The topological polar surface area (TPSA) is 82.1 Å². The van der Waals surface area contributed by atoms with Gasteiger partial charge in [-0.2, -0.15) is 4.98 Å². The molecule has 0 aliphatic rings. The Morgan fingerprint density at radius 3 is 2.68 bits per heavy atom. The van der Waals surface area contributed by atoms with Crippen LogP contribution < -0.4 is 14.8 Å². The molecule has 1 N–H and O–H groups in total. The molecule has 8 heteroatoms. The number of aromatic nitrogens is 4. The summed E-state index contributed by atoms with van der Waals surface area (Å²) in [4.78, 5) is 17.1. The molecule has 0 saturated carbocycles. The monoisotopic (exact) mass is 357 g/mol. The Kier molecular flexibility index (Phi) is 5.25. The minimum absolute atomic E-state index is 0.220. The number of ether oxygens (including phenoxy) is 2. The van der Waals surface area contributed by atoms with E-state index in [2.05, 4.69) is 25.3 Å². The number of nitrogens with one attached hydrogen (secondary N) is 1. The van der Waals surface area contributed by atoms with Gasteiger partial charge in [-0.3, -0.25) is 4.98 Å². The fourth-order valence-corrected chi connectivity index (χ4v) is 2.48. The molecule has 3 aromatic rings. The molecule has 0 atom stereocenters. The van der Waals surface area contributed by atoms with E-state index in [9.17, 15) is 0 Å². The van der Waals surface area contributed by atoms with E-state index in [1.54, 1.807) is 18.6 Å². The first-order valence-electron chi connectivity index (χ1n) is 7.46. The Balaban J connectivity index is 1.91. The Labute approximate surface area is 150 Å². The van der Waals surface area contributed by atoms with Gasteiger partial charge in [0.25, 0.3) is 0 Å². The molecular weight excluding hydrogens is 342 g/mol. The van der Waals surface area contributed by atoms with E-state index < -0.39 is 0 Å². The van der Waals surface area contributed by atoms with E-state index in [0.29, 0.717) is 34.5 Å². The predicted molar refractivity (Wildman–Crippen MR) is 94.9 cm³/mol. The number of nitrogens with zero attached hydrogens (tertiary/aromatic N) is 4. The summed E-state index contributed by atoms with van der Waals surface area (Å²) in [6.07, 6.45) is 4.81. The molecule has 7 nitrogen and oxygen atoms in total.